The molecule has 0 radical (unpaired) electrons. The maximum Gasteiger partial charge on any atom is 0.339 e. The van der Waals surface area contributed by atoms with Gasteiger partial charge in [-0.3, -0.25) is 4.79 Å². The van der Waals surface area contributed by atoms with Gasteiger partial charge < -0.3 is 15.0 Å². The molecule has 1 atom stereocenters. The van der Waals surface area contributed by atoms with Crippen LogP contribution in [-0.2, 0) is 17.6 Å². The van der Waals surface area contributed by atoms with Gasteiger partial charge >= 0.3 is 5.97 Å². The van der Waals surface area contributed by atoms with Crippen LogP contribution in [0.25, 0.3) is 0 Å². The first-order valence-electron chi connectivity index (χ1n) is 8.83. The zero-order valence-corrected chi connectivity index (χ0v) is 15.9. The Morgan fingerprint density at radius 1 is 1.22 bits per heavy atom. The van der Waals surface area contributed by atoms with E-state index in [1.807, 2.05) is 6.92 Å². The van der Waals surface area contributed by atoms with Crippen LogP contribution in [0.4, 0.5) is 8.78 Å². The molecule has 0 spiro atoms. The highest BCUT2D eigenvalue weighted by Gasteiger charge is 2.25. The first-order valence-corrected chi connectivity index (χ1v) is 8.83. The van der Waals surface area contributed by atoms with E-state index in [-0.39, 0.29) is 17.7 Å². The van der Waals surface area contributed by atoms with Crippen LogP contribution in [0.1, 0.15) is 57.9 Å². The number of hydrogen-bond acceptors (Lipinski definition) is 3. The maximum atomic E-state index is 13.8. The number of benzene rings is 1. The average molecular weight is 378 g/mol. The summed E-state index contributed by atoms with van der Waals surface area (Å²) >= 11 is 0. The molecule has 0 bridgehead atoms. The van der Waals surface area contributed by atoms with Crippen LogP contribution in [0.15, 0.2) is 18.2 Å². The van der Waals surface area contributed by atoms with Crippen molar-refractivity contribution in [2.45, 2.75) is 46.1 Å². The van der Waals surface area contributed by atoms with E-state index in [1.165, 1.54) is 25.3 Å². The first-order chi connectivity index (χ1) is 12.8. The van der Waals surface area contributed by atoms with Gasteiger partial charge in [0.2, 0.25) is 0 Å². The third kappa shape index (κ3) is 4.53. The molecule has 7 heteroatoms. The van der Waals surface area contributed by atoms with E-state index in [1.54, 1.807) is 13.8 Å². The summed E-state index contributed by atoms with van der Waals surface area (Å²) in [6, 6.07) is 3.15. The number of aromatic amines is 1. The topological polar surface area (TPSA) is 71.2 Å². The number of carbonyl (C=O) groups excluding carboxylic acids is 2. The number of methoxy groups -OCH3 is 1. The molecule has 146 valence electrons. The van der Waals surface area contributed by atoms with Crippen LogP contribution in [-0.4, -0.2) is 30.0 Å². The van der Waals surface area contributed by atoms with E-state index in [0.717, 1.165) is 6.42 Å². The van der Waals surface area contributed by atoms with Crippen molar-refractivity contribution in [2.75, 3.05) is 7.11 Å². The van der Waals surface area contributed by atoms with E-state index in [4.69, 9.17) is 4.74 Å². The van der Waals surface area contributed by atoms with Gasteiger partial charge in [0.1, 0.15) is 17.3 Å². The van der Waals surface area contributed by atoms with Crippen molar-refractivity contribution in [1.82, 2.24) is 10.3 Å². The number of carbonyl (C=O) groups is 2. The second-order valence-electron chi connectivity index (χ2n) is 6.50. The Morgan fingerprint density at radius 3 is 2.41 bits per heavy atom. The van der Waals surface area contributed by atoms with Crippen molar-refractivity contribution < 1.29 is 23.1 Å². The van der Waals surface area contributed by atoms with Gasteiger partial charge in [-0.05, 0) is 44.4 Å². The number of ether oxygens (including phenoxy) is 1. The van der Waals surface area contributed by atoms with Gasteiger partial charge in [0.05, 0.1) is 12.7 Å². The molecule has 5 nitrogen and oxygen atoms in total. The molecule has 0 aliphatic rings. The second kappa shape index (κ2) is 8.79. The Morgan fingerprint density at radius 2 is 1.85 bits per heavy atom. The lowest BCUT2D eigenvalue weighted by molar-refractivity contribution is 0.0599. The van der Waals surface area contributed by atoms with Crippen LogP contribution in [0.2, 0.25) is 0 Å². The molecule has 2 rings (SSSR count). The Labute approximate surface area is 157 Å². The zero-order valence-electron chi connectivity index (χ0n) is 15.9. The highest BCUT2D eigenvalue weighted by molar-refractivity contribution is 6.00. The molecule has 0 aliphatic heterocycles. The molecule has 1 amide bonds. The molecular weight excluding hydrogens is 354 g/mol. The van der Waals surface area contributed by atoms with Crippen LogP contribution in [0, 0.1) is 18.6 Å². The van der Waals surface area contributed by atoms with E-state index in [9.17, 15) is 18.4 Å². The van der Waals surface area contributed by atoms with E-state index >= 15 is 0 Å². The van der Waals surface area contributed by atoms with Gasteiger partial charge in [0, 0.05) is 17.3 Å². The lowest BCUT2D eigenvalue weighted by atomic mass is 10.0. The Bertz CT molecular complexity index is 826. The fourth-order valence-corrected chi connectivity index (χ4v) is 3.13. The van der Waals surface area contributed by atoms with Crippen LogP contribution in [0.3, 0.4) is 0 Å². The molecule has 2 N–H and O–H groups in total. The number of halogens is 2. The first kappa shape index (κ1) is 20.6. The highest BCUT2D eigenvalue weighted by atomic mass is 19.1. The number of amides is 1. The summed E-state index contributed by atoms with van der Waals surface area (Å²) in [5, 5.41) is 2.74. The van der Waals surface area contributed by atoms with Crippen molar-refractivity contribution in [3.63, 3.8) is 0 Å². The number of H-pyrrole nitrogens is 1. The predicted molar refractivity (Wildman–Crippen MR) is 97.9 cm³/mol. The number of aromatic nitrogens is 1. The summed E-state index contributed by atoms with van der Waals surface area (Å²) < 4.78 is 32.4. The van der Waals surface area contributed by atoms with E-state index < -0.39 is 29.6 Å². The van der Waals surface area contributed by atoms with Crippen molar-refractivity contribution >= 4 is 11.9 Å². The number of aryl methyl sites for hydroxylation is 1. The molecule has 27 heavy (non-hydrogen) atoms. The fraction of sp³-hybridized carbons (Fsp3) is 0.400. The number of hydrogen-bond donors (Lipinski definition) is 2. The molecule has 1 unspecified atom stereocenters. The zero-order chi connectivity index (χ0) is 20.1. The summed E-state index contributed by atoms with van der Waals surface area (Å²) in [6.07, 6.45) is 1.27. The van der Waals surface area contributed by atoms with Crippen molar-refractivity contribution in [3.05, 3.63) is 57.9 Å². The molecule has 0 aliphatic carbocycles. The van der Waals surface area contributed by atoms with Gasteiger partial charge in [-0.25, -0.2) is 13.6 Å². The second-order valence-corrected chi connectivity index (χ2v) is 6.50. The minimum absolute atomic E-state index is 0.0108. The predicted octanol–water partition coefficient (Wildman–Crippen LogP) is 3.70. The van der Waals surface area contributed by atoms with E-state index in [2.05, 4.69) is 10.3 Å². The summed E-state index contributed by atoms with van der Waals surface area (Å²) in [7, 11) is 1.29. The summed E-state index contributed by atoms with van der Waals surface area (Å²) in [4.78, 5) is 27.7. The lowest BCUT2D eigenvalue weighted by Gasteiger charge is -2.15. The molecule has 1 heterocycles. The summed E-state index contributed by atoms with van der Waals surface area (Å²) in [5.41, 5.74) is 1.69. The molecule has 2 aromatic rings. The maximum absolute atomic E-state index is 13.8. The van der Waals surface area contributed by atoms with Gasteiger partial charge in [-0.15, -0.1) is 0 Å². The lowest BCUT2D eigenvalue weighted by Crippen LogP contribution is -2.35. The number of nitrogens with one attached hydrogen (secondary N) is 2. The summed E-state index contributed by atoms with van der Waals surface area (Å²) in [6.45, 7) is 5.30. The molecule has 0 saturated heterocycles. The Balaban J connectivity index is 2.23. The van der Waals surface area contributed by atoms with Crippen LogP contribution < -0.4 is 5.32 Å². The standard InChI is InChI=1S/C20H24F2N2O3/c1-5-7-13-17(20(26)27-4)12(3)24-18(13)19(25)23-11(2)10-14-15(21)8-6-9-16(14)22/h6,8-9,11,24H,5,7,10H2,1-4H3,(H,23,25). The summed E-state index contributed by atoms with van der Waals surface area (Å²) in [5.74, 6) is -2.23. The van der Waals surface area contributed by atoms with Crippen molar-refractivity contribution in [2.24, 2.45) is 0 Å². The minimum atomic E-state index is -0.647. The molecule has 0 saturated carbocycles. The Hall–Kier alpha value is -2.70. The third-order valence-electron chi connectivity index (χ3n) is 4.36. The largest absolute Gasteiger partial charge is 0.465 e. The third-order valence-corrected chi connectivity index (χ3v) is 4.36. The van der Waals surface area contributed by atoms with E-state index in [0.29, 0.717) is 23.2 Å². The van der Waals surface area contributed by atoms with Gasteiger partial charge in [-0.2, -0.15) is 0 Å². The smallest absolute Gasteiger partial charge is 0.339 e. The highest BCUT2D eigenvalue weighted by Crippen LogP contribution is 2.22. The normalized spacial score (nSPS) is 11.9. The number of esters is 1. The Kier molecular flexibility index (Phi) is 6.71. The molecule has 1 aromatic carbocycles. The number of rotatable bonds is 7. The fourth-order valence-electron chi connectivity index (χ4n) is 3.13. The minimum Gasteiger partial charge on any atom is -0.465 e. The molecule has 0 fully saturated rings. The SMILES string of the molecule is CCCc1c(C(=O)NC(C)Cc2c(F)cccc2F)[nH]c(C)c1C(=O)OC. The average Bonchev–Trinajstić information content (AvgIpc) is 2.94. The van der Waals surface area contributed by atoms with Gasteiger partial charge in [0.15, 0.2) is 0 Å². The van der Waals surface area contributed by atoms with Gasteiger partial charge in [0.25, 0.3) is 5.91 Å². The van der Waals surface area contributed by atoms with Gasteiger partial charge in [-0.1, -0.05) is 19.4 Å². The van der Waals surface area contributed by atoms with Crippen molar-refractivity contribution in [1.29, 1.82) is 0 Å². The molecular formula is C20H24F2N2O3. The van der Waals surface area contributed by atoms with Crippen molar-refractivity contribution in [3.8, 4) is 0 Å². The van der Waals surface area contributed by atoms with Crippen LogP contribution in [0.5, 0.6) is 0 Å². The monoisotopic (exact) mass is 378 g/mol. The quantitative estimate of drug-likeness (QED) is 0.722. The van der Waals surface area contributed by atoms with Crippen LogP contribution >= 0.6 is 0 Å². The molecule has 1 aromatic heterocycles.